The fraction of sp³-hybridized carbons (Fsp3) is 0.267. The number of aliphatic hydroxyl groups excluding tert-OH is 1. The smallest absolute Gasteiger partial charge is 0.261 e. The fourth-order valence-corrected chi connectivity index (χ4v) is 2.64. The van der Waals surface area contributed by atoms with E-state index >= 15 is 0 Å². The number of nitrogens with one attached hydrogen (secondary N) is 1. The van der Waals surface area contributed by atoms with Crippen molar-refractivity contribution in [2.24, 2.45) is 0 Å². The summed E-state index contributed by atoms with van der Waals surface area (Å²) in [5.74, 6) is -0.118. The number of amides is 1. The molecular formula is C15H17NO2S. The number of hydrogen-bond donors (Lipinski definition) is 2. The van der Waals surface area contributed by atoms with Gasteiger partial charge in [0, 0.05) is 4.88 Å². The highest BCUT2D eigenvalue weighted by atomic mass is 32.1. The van der Waals surface area contributed by atoms with Gasteiger partial charge in [-0.15, -0.1) is 11.3 Å². The fourth-order valence-electron chi connectivity index (χ4n) is 1.87. The third-order valence-corrected chi connectivity index (χ3v) is 3.84. The van der Waals surface area contributed by atoms with E-state index in [1.54, 1.807) is 0 Å². The summed E-state index contributed by atoms with van der Waals surface area (Å²) in [4.78, 5) is 13.8. The maximum atomic E-state index is 12.0. The van der Waals surface area contributed by atoms with Gasteiger partial charge in [-0.05, 0) is 31.0 Å². The highest BCUT2D eigenvalue weighted by Crippen LogP contribution is 2.15. The van der Waals surface area contributed by atoms with Gasteiger partial charge in [-0.2, -0.15) is 0 Å². The molecule has 1 unspecified atom stereocenters. The van der Waals surface area contributed by atoms with Crippen LogP contribution in [-0.2, 0) is 6.42 Å². The van der Waals surface area contributed by atoms with Crippen molar-refractivity contribution in [1.29, 1.82) is 0 Å². The standard InChI is InChI=1S/C15H17NO2S/c1-11-7-8-14(19-11)15(18)16-13(10-17)9-12-5-3-2-4-6-12/h2-8,13,17H,9-10H2,1H3,(H,16,18). The maximum absolute atomic E-state index is 12.0. The molecule has 1 atom stereocenters. The van der Waals surface area contributed by atoms with Gasteiger partial charge in [-0.3, -0.25) is 4.79 Å². The number of carbonyl (C=O) groups is 1. The molecule has 1 amide bonds. The summed E-state index contributed by atoms with van der Waals surface area (Å²) in [6, 6.07) is 13.3. The Balaban J connectivity index is 1.97. The van der Waals surface area contributed by atoms with Crippen LogP contribution in [-0.4, -0.2) is 23.7 Å². The van der Waals surface area contributed by atoms with Crippen LogP contribution in [0.15, 0.2) is 42.5 Å². The van der Waals surface area contributed by atoms with Crippen molar-refractivity contribution in [2.45, 2.75) is 19.4 Å². The molecule has 0 aliphatic carbocycles. The first-order valence-electron chi connectivity index (χ1n) is 6.21. The summed E-state index contributed by atoms with van der Waals surface area (Å²) in [7, 11) is 0. The number of thiophene rings is 1. The molecular weight excluding hydrogens is 258 g/mol. The lowest BCUT2D eigenvalue weighted by Gasteiger charge is -2.15. The third-order valence-electron chi connectivity index (χ3n) is 2.84. The van der Waals surface area contributed by atoms with E-state index in [4.69, 9.17) is 0 Å². The van der Waals surface area contributed by atoms with E-state index in [9.17, 15) is 9.90 Å². The van der Waals surface area contributed by atoms with Crippen molar-refractivity contribution >= 4 is 17.2 Å². The summed E-state index contributed by atoms with van der Waals surface area (Å²) < 4.78 is 0. The average molecular weight is 275 g/mol. The van der Waals surface area contributed by atoms with Crippen LogP contribution in [0, 0.1) is 6.92 Å². The van der Waals surface area contributed by atoms with Crippen LogP contribution in [0.4, 0.5) is 0 Å². The van der Waals surface area contributed by atoms with Crippen LogP contribution in [0.2, 0.25) is 0 Å². The van der Waals surface area contributed by atoms with Gasteiger partial charge in [0.2, 0.25) is 0 Å². The van der Waals surface area contributed by atoms with E-state index in [0.29, 0.717) is 11.3 Å². The minimum Gasteiger partial charge on any atom is -0.394 e. The van der Waals surface area contributed by atoms with E-state index in [-0.39, 0.29) is 18.6 Å². The predicted octanol–water partition coefficient (Wildman–Crippen LogP) is 2.39. The van der Waals surface area contributed by atoms with E-state index in [1.165, 1.54) is 11.3 Å². The number of benzene rings is 1. The highest BCUT2D eigenvalue weighted by Gasteiger charge is 2.14. The van der Waals surface area contributed by atoms with E-state index < -0.39 is 0 Å². The summed E-state index contributed by atoms with van der Waals surface area (Å²) >= 11 is 1.46. The van der Waals surface area contributed by atoms with Crippen molar-refractivity contribution in [3.05, 3.63) is 57.8 Å². The van der Waals surface area contributed by atoms with Crippen molar-refractivity contribution in [3.8, 4) is 0 Å². The third kappa shape index (κ3) is 3.91. The number of aliphatic hydroxyl groups is 1. The molecule has 19 heavy (non-hydrogen) atoms. The monoisotopic (exact) mass is 275 g/mol. The second-order valence-electron chi connectivity index (χ2n) is 4.45. The molecule has 2 N–H and O–H groups in total. The van der Waals surface area contributed by atoms with E-state index in [1.807, 2.05) is 49.4 Å². The topological polar surface area (TPSA) is 49.3 Å². The van der Waals surface area contributed by atoms with Crippen LogP contribution in [0.3, 0.4) is 0 Å². The molecule has 0 fully saturated rings. The quantitative estimate of drug-likeness (QED) is 0.880. The summed E-state index contributed by atoms with van der Waals surface area (Å²) in [6.07, 6.45) is 0.632. The summed E-state index contributed by atoms with van der Waals surface area (Å²) in [6.45, 7) is 1.90. The Kier molecular flexibility index (Phi) is 4.71. The van der Waals surface area contributed by atoms with Gasteiger partial charge in [-0.25, -0.2) is 0 Å². The van der Waals surface area contributed by atoms with Crippen LogP contribution >= 0.6 is 11.3 Å². The molecule has 2 aromatic rings. The van der Waals surface area contributed by atoms with E-state index in [2.05, 4.69) is 5.32 Å². The Hall–Kier alpha value is -1.65. The molecule has 1 heterocycles. The number of hydrogen-bond acceptors (Lipinski definition) is 3. The van der Waals surface area contributed by atoms with Gasteiger partial charge in [0.1, 0.15) is 0 Å². The second-order valence-corrected chi connectivity index (χ2v) is 5.74. The number of rotatable bonds is 5. The van der Waals surface area contributed by atoms with Crippen molar-refractivity contribution in [3.63, 3.8) is 0 Å². The molecule has 0 aliphatic heterocycles. The Bertz CT molecular complexity index is 536. The summed E-state index contributed by atoms with van der Waals surface area (Å²) in [5.41, 5.74) is 1.10. The van der Waals surface area contributed by atoms with Gasteiger partial charge >= 0.3 is 0 Å². The molecule has 4 heteroatoms. The van der Waals surface area contributed by atoms with Gasteiger partial charge in [0.05, 0.1) is 17.5 Å². The number of carbonyl (C=O) groups excluding carboxylic acids is 1. The molecule has 0 saturated heterocycles. The minimum atomic E-state index is -0.252. The summed E-state index contributed by atoms with van der Waals surface area (Å²) in [5, 5.41) is 12.2. The van der Waals surface area contributed by atoms with Crippen molar-refractivity contribution in [1.82, 2.24) is 5.32 Å². The van der Waals surface area contributed by atoms with Crippen LogP contribution < -0.4 is 5.32 Å². The lowest BCUT2D eigenvalue weighted by atomic mass is 10.1. The van der Waals surface area contributed by atoms with Crippen molar-refractivity contribution < 1.29 is 9.90 Å². The lowest BCUT2D eigenvalue weighted by molar-refractivity contribution is 0.0920. The van der Waals surface area contributed by atoms with Gasteiger partial charge < -0.3 is 10.4 Å². The lowest BCUT2D eigenvalue weighted by Crippen LogP contribution is -2.38. The van der Waals surface area contributed by atoms with Crippen LogP contribution in [0.25, 0.3) is 0 Å². The normalized spacial score (nSPS) is 12.1. The second kappa shape index (κ2) is 6.50. The zero-order valence-electron chi connectivity index (χ0n) is 10.8. The average Bonchev–Trinajstić information content (AvgIpc) is 2.86. The Morgan fingerprint density at radius 2 is 2.00 bits per heavy atom. The Morgan fingerprint density at radius 1 is 1.26 bits per heavy atom. The Labute approximate surface area is 116 Å². The van der Waals surface area contributed by atoms with E-state index in [0.717, 1.165) is 10.4 Å². The molecule has 3 nitrogen and oxygen atoms in total. The zero-order valence-corrected chi connectivity index (χ0v) is 11.6. The maximum Gasteiger partial charge on any atom is 0.261 e. The van der Waals surface area contributed by atoms with Gasteiger partial charge in [0.25, 0.3) is 5.91 Å². The molecule has 100 valence electrons. The molecule has 0 aliphatic rings. The van der Waals surface area contributed by atoms with Gasteiger partial charge in [-0.1, -0.05) is 30.3 Å². The first kappa shape index (κ1) is 13.8. The van der Waals surface area contributed by atoms with Crippen LogP contribution in [0.1, 0.15) is 20.1 Å². The first-order chi connectivity index (χ1) is 9.19. The molecule has 2 rings (SSSR count). The highest BCUT2D eigenvalue weighted by molar-refractivity contribution is 7.13. The molecule has 1 aromatic carbocycles. The number of aryl methyl sites for hydroxylation is 1. The molecule has 1 aromatic heterocycles. The SMILES string of the molecule is Cc1ccc(C(=O)NC(CO)Cc2ccccc2)s1. The van der Waals surface area contributed by atoms with Crippen LogP contribution in [0.5, 0.6) is 0 Å². The minimum absolute atomic E-state index is 0.0645. The Morgan fingerprint density at radius 3 is 2.58 bits per heavy atom. The zero-order chi connectivity index (χ0) is 13.7. The van der Waals surface area contributed by atoms with Gasteiger partial charge in [0.15, 0.2) is 0 Å². The molecule has 0 saturated carbocycles. The first-order valence-corrected chi connectivity index (χ1v) is 7.03. The molecule has 0 bridgehead atoms. The largest absolute Gasteiger partial charge is 0.394 e. The molecule has 0 radical (unpaired) electrons. The molecule has 0 spiro atoms. The van der Waals surface area contributed by atoms with Crippen molar-refractivity contribution in [2.75, 3.05) is 6.61 Å². The predicted molar refractivity (Wildman–Crippen MR) is 77.5 cm³/mol.